The van der Waals surface area contributed by atoms with Crippen LogP contribution < -0.4 is 5.73 Å². The maximum absolute atomic E-state index is 12.5. The molecule has 1 amide bonds. The second kappa shape index (κ2) is 7.36. The van der Waals surface area contributed by atoms with Crippen LogP contribution >= 0.6 is 0 Å². The van der Waals surface area contributed by atoms with E-state index < -0.39 is 0 Å². The number of hydrogen-bond acceptors (Lipinski definition) is 4. The number of hydrogen-bond donors (Lipinski definition) is 1. The lowest BCUT2D eigenvalue weighted by Crippen LogP contribution is -2.36. The zero-order valence-corrected chi connectivity index (χ0v) is 12.2. The van der Waals surface area contributed by atoms with E-state index in [2.05, 4.69) is 9.88 Å². The van der Waals surface area contributed by atoms with Gasteiger partial charge >= 0.3 is 0 Å². The molecule has 0 atom stereocenters. The van der Waals surface area contributed by atoms with Crippen molar-refractivity contribution in [2.45, 2.75) is 19.8 Å². The zero-order chi connectivity index (χ0) is 14.4. The van der Waals surface area contributed by atoms with E-state index in [0.717, 1.165) is 63.4 Å². The van der Waals surface area contributed by atoms with Gasteiger partial charge < -0.3 is 15.5 Å². The van der Waals surface area contributed by atoms with Gasteiger partial charge in [-0.25, -0.2) is 0 Å². The molecule has 0 unspecified atom stereocenters. The third-order valence-corrected chi connectivity index (χ3v) is 3.79. The fraction of sp³-hybridized carbons (Fsp3) is 0.600. The topological polar surface area (TPSA) is 62.5 Å². The second-order valence-corrected chi connectivity index (χ2v) is 5.27. The molecule has 1 aliphatic heterocycles. The molecular formula is C15H24N4O. The van der Waals surface area contributed by atoms with Crippen molar-refractivity contribution in [1.82, 2.24) is 14.8 Å². The minimum Gasteiger partial charge on any atom is -0.337 e. The lowest BCUT2D eigenvalue weighted by Gasteiger charge is -2.22. The summed E-state index contributed by atoms with van der Waals surface area (Å²) in [6.45, 7) is 7.25. The third kappa shape index (κ3) is 3.77. The quantitative estimate of drug-likeness (QED) is 0.887. The normalized spacial score (nSPS) is 17.0. The fourth-order valence-electron chi connectivity index (χ4n) is 2.59. The summed E-state index contributed by atoms with van der Waals surface area (Å²) < 4.78 is 0. The van der Waals surface area contributed by atoms with Gasteiger partial charge in [-0.2, -0.15) is 0 Å². The highest BCUT2D eigenvalue weighted by Crippen LogP contribution is 2.11. The average Bonchev–Trinajstić information content (AvgIpc) is 2.70. The molecule has 2 heterocycles. The van der Waals surface area contributed by atoms with E-state index in [4.69, 9.17) is 5.73 Å². The van der Waals surface area contributed by atoms with Crippen molar-refractivity contribution in [3.8, 4) is 0 Å². The van der Waals surface area contributed by atoms with Gasteiger partial charge in [-0.1, -0.05) is 0 Å². The van der Waals surface area contributed by atoms with Crippen LogP contribution in [-0.2, 0) is 0 Å². The van der Waals surface area contributed by atoms with Crippen LogP contribution in [0.5, 0.6) is 0 Å². The summed E-state index contributed by atoms with van der Waals surface area (Å²) in [5, 5.41) is 0. The van der Waals surface area contributed by atoms with E-state index in [9.17, 15) is 4.79 Å². The first kappa shape index (κ1) is 14.9. The molecule has 0 saturated carbocycles. The smallest absolute Gasteiger partial charge is 0.255 e. The van der Waals surface area contributed by atoms with Gasteiger partial charge in [0, 0.05) is 31.5 Å². The van der Waals surface area contributed by atoms with Crippen molar-refractivity contribution in [3.63, 3.8) is 0 Å². The van der Waals surface area contributed by atoms with Crippen LogP contribution in [0, 0.1) is 6.92 Å². The molecule has 1 aromatic rings. The van der Waals surface area contributed by atoms with Crippen molar-refractivity contribution in [1.29, 1.82) is 0 Å². The first-order chi connectivity index (χ1) is 9.72. The molecule has 110 valence electrons. The Kier molecular flexibility index (Phi) is 5.49. The summed E-state index contributed by atoms with van der Waals surface area (Å²) in [7, 11) is 0. The Hall–Kier alpha value is -1.46. The van der Waals surface area contributed by atoms with Gasteiger partial charge in [-0.3, -0.25) is 9.78 Å². The van der Waals surface area contributed by atoms with Crippen LogP contribution in [0.4, 0.5) is 0 Å². The Morgan fingerprint density at radius 3 is 2.95 bits per heavy atom. The largest absolute Gasteiger partial charge is 0.337 e. The zero-order valence-electron chi connectivity index (χ0n) is 12.2. The number of carbonyl (C=O) groups is 1. The number of nitrogens with zero attached hydrogens (tertiary/aromatic N) is 3. The van der Waals surface area contributed by atoms with Crippen molar-refractivity contribution in [2.75, 3.05) is 39.3 Å². The van der Waals surface area contributed by atoms with E-state index in [1.54, 1.807) is 6.20 Å². The summed E-state index contributed by atoms with van der Waals surface area (Å²) in [5.74, 6) is 0.108. The number of aromatic nitrogens is 1. The third-order valence-electron chi connectivity index (χ3n) is 3.79. The highest BCUT2D eigenvalue weighted by molar-refractivity contribution is 5.95. The molecule has 0 aromatic carbocycles. The highest BCUT2D eigenvalue weighted by Gasteiger charge is 2.21. The Morgan fingerprint density at radius 1 is 1.35 bits per heavy atom. The Labute approximate surface area is 120 Å². The summed E-state index contributed by atoms with van der Waals surface area (Å²) in [5.41, 5.74) is 7.09. The molecular weight excluding hydrogens is 252 g/mol. The average molecular weight is 276 g/mol. The van der Waals surface area contributed by atoms with Crippen LogP contribution in [-0.4, -0.2) is 60.0 Å². The standard InChI is InChI=1S/C15H24N4O/c1-13-14(5-2-7-17-13)15(20)19-10-4-9-18(11-12-19)8-3-6-16/h2,5,7H,3-4,6,8-12,16H2,1H3. The van der Waals surface area contributed by atoms with E-state index in [-0.39, 0.29) is 5.91 Å². The number of carbonyl (C=O) groups excluding carboxylic acids is 1. The first-order valence-corrected chi connectivity index (χ1v) is 7.35. The minimum atomic E-state index is 0.108. The lowest BCUT2D eigenvalue weighted by molar-refractivity contribution is 0.0760. The van der Waals surface area contributed by atoms with E-state index in [1.807, 2.05) is 24.0 Å². The SMILES string of the molecule is Cc1ncccc1C(=O)N1CCCN(CCCN)CC1. The summed E-state index contributed by atoms with van der Waals surface area (Å²) in [6, 6.07) is 3.69. The Morgan fingerprint density at radius 2 is 2.20 bits per heavy atom. The number of pyridine rings is 1. The number of amides is 1. The van der Waals surface area contributed by atoms with Crippen LogP contribution in [0.25, 0.3) is 0 Å². The van der Waals surface area contributed by atoms with Gasteiger partial charge in [0.1, 0.15) is 0 Å². The van der Waals surface area contributed by atoms with E-state index >= 15 is 0 Å². The maximum Gasteiger partial charge on any atom is 0.255 e. The maximum atomic E-state index is 12.5. The van der Waals surface area contributed by atoms with Gasteiger partial charge in [0.2, 0.25) is 0 Å². The summed E-state index contributed by atoms with van der Waals surface area (Å²) in [6.07, 6.45) is 3.77. The van der Waals surface area contributed by atoms with Gasteiger partial charge in [-0.15, -0.1) is 0 Å². The van der Waals surface area contributed by atoms with Gasteiger partial charge in [0.25, 0.3) is 5.91 Å². The molecule has 2 rings (SSSR count). The highest BCUT2D eigenvalue weighted by atomic mass is 16.2. The minimum absolute atomic E-state index is 0.108. The van der Waals surface area contributed by atoms with Crippen molar-refractivity contribution in [2.24, 2.45) is 5.73 Å². The number of aryl methyl sites for hydroxylation is 1. The van der Waals surface area contributed by atoms with E-state index in [0.29, 0.717) is 0 Å². The van der Waals surface area contributed by atoms with E-state index in [1.165, 1.54) is 0 Å². The summed E-state index contributed by atoms with van der Waals surface area (Å²) in [4.78, 5) is 21.1. The monoisotopic (exact) mass is 276 g/mol. The molecule has 5 heteroatoms. The molecule has 1 saturated heterocycles. The predicted octanol–water partition coefficient (Wildman–Crippen LogP) is 0.887. The van der Waals surface area contributed by atoms with Gasteiger partial charge in [-0.05, 0) is 51.5 Å². The van der Waals surface area contributed by atoms with Gasteiger partial charge in [0.05, 0.1) is 5.56 Å². The molecule has 0 aliphatic carbocycles. The molecule has 0 spiro atoms. The van der Waals surface area contributed by atoms with Gasteiger partial charge in [0.15, 0.2) is 0 Å². The number of rotatable bonds is 4. The summed E-state index contributed by atoms with van der Waals surface area (Å²) >= 11 is 0. The van der Waals surface area contributed by atoms with Crippen molar-refractivity contribution in [3.05, 3.63) is 29.6 Å². The molecule has 1 aliphatic rings. The molecule has 20 heavy (non-hydrogen) atoms. The molecule has 0 bridgehead atoms. The van der Waals surface area contributed by atoms with Crippen molar-refractivity contribution >= 4 is 5.91 Å². The molecule has 1 aromatic heterocycles. The van der Waals surface area contributed by atoms with Crippen molar-refractivity contribution < 1.29 is 4.79 Å². The fourth-order valence-corrected chi connectivity index (χ4v) is 2.59. The molecule has 0 radical (unpaired) electrons. The predicted molar refractivity (Wildman–Crippen MR) is 79.6 cm³/mol. The molecule has 5 nitrogen and oxygen atoms in total. The number of nitrogens with two attached hydrogens (primary N) is 1. The Bertz CT molecular complexity index is 449. The molecule has 1 fully saturated rings. The molecule has 2 N–H and O–H groups in total. The van der Waals surface area contributed by atoms with Crippen LogP contribution in [0.2, 0.25) is 0 Å². The first-order valence-electron chi connectivity index (χ1n) is 7.35. The van der Waals surface area contributed by atoms with Crippen LogP contribution in [0.15, 0.2) is 18.3 Å². The second-order valence-electron chi connectivity index (χ2n) is 5.27. The lowest BCUT2D eigenvalue weighted by atomic mass is 10.2. The Balaban J connectivity index is 1.96. The van der Waals surface area contributed by atoms with Crippen LogP contribution in [0.3, 0.4) is 0 Å². The van der Waals surface area contributed by atoms with Crippen LogP contribution in [0.1, 0.15) is 28.9 Å².